The zero-order valence-electron chi connectivity index (χ0n) is 14.3. The minimum atomic E-state index is -2.17. The van der Waals surface area contributed by atoms with Crippen molar-refractivity contribution in [2.24, 2.45) is 4.99 Å². The summed E-state index contributed by atoms with van der Waals surface area (Å²) in [6, 6.07) is 14.6. The van der Waals surface area contributed by atoms with Crippen LogP contribution in [0, 0.1) is 0 Å². The first-order valence-electron chi connectivity index (χ1n) is 7.71. The summed E-state index contributed by atoms with van der Waals surface area (Å²) in [7, 11) is 1.61. The summed E-state index contributed by atoms with van der Waals surface area (Å²) in [5.41, 5.74) is 2.77. The van der Waals surface area contributed by atoms with Crippen molar-refractivity contribution >= 4 is 69.7 Å². The number of benzodiazepines with no additional fused rings is 1. The highest BCUT2D eigenvalue weighted by Crippen LogP contribution is 2.29. The van der Waals surface area contributed by atoms with Crippen LogP contribution in [-0.4, -0.2) is 44.9 Å². The van der Waals surface area contributed by atoms with Crippen LogP contribution in [0.3, 0.4) is 0 Å². The third-order valence-corrected chi connectivity index (χ3v) is 4.39. The Labute approximate surface area is 180 Å². The lowest BCUT2D eigenvalue weighted by molar-refractivity contribution is -0.136. The van der Waals surface area contributed by atoms with E-state index in [4.69, 9.17) is 51.5 Å². The Hall–Kier alpha value is -1.83. The van der Waals surface area contributed by atoms with Crippen LogP contribution in [0.2, 0.25) is 5.02 Å². The van der Waals surface area contributed by atoms with Gasteiger partial charge in [-0.3, -0.25) is 4.79 Å². The molecule has 1 aliphatic rings. The molecule has 148 valence electrons. The Morgan fingerprint density at radius 1 is 1.14 bits per heavy atom. The number of halogens is 4. The van der Waals surface area contributed by atoms with Gasteiger partial charge in [0.25, 0.3) is 9.70 Å². The largest absolute Gasteiger partial charge is 0.478 e. The standard InChI is InChI=1S/C16H13ClN2O2.C2HCl3O2/c1-19-13-8-7-11(17)9-12(13)14(18-15(20)16(19)21)10-5-3-2-4-6-10;3-2(4,5)1(6)7/h2-9,15,20H,1H3;(H,6,7). The van der Waals surface area contributed by atoms with Gasteiger partial charge < -0.3 is 15.1 Å². The summed E-state index contributed by atoms with van der Waals surface area (Å²) in [6.07, 6.45) is -1.42. The molecule has 0 bridgehead atoms. The maximum atomic E-state index is 12.1. The summed E-state index contributed by atoms with van der Waals surface area (Å²) < 4.78 is -2.17. The number of alkyl halides is 3. The molecule has 2 aromatic carbocycles. The van der Waals surface area contributed by atoms with Crippen LogP contribution < -0.4 is 4.90 Å². The average molecular weight is 464 g/mol. The molecule has 0 aromatic heterocycles. The molecule has 2 aromatic rings. The number of aliphatic carboxylic acids is 1. The Kier molecular flexibility index (Phi) is 7.31. The number of carboxylic acids is 1. The van der Waals surface area contributed by atoms with E-state index in [1.165, 1.54) is 4.90 Å². The molecule has 0 fully saturated rings. The van der Waals surface area contributed by atoms with Crippen molar-refractivity contribution in [3.8, 4) is 0 Å². The van der Waals surface area contributed by atoms with Gasteiger partial charge in [0.2, 0.25) is 6.23 Å². The first-order valence-corrected chi connectivity index (χ1v) is 9.22. The summed E-state index contributed by atoms with van der Waals surface area (Å²) in [5.74, 6) is -1.93. The number of aliphatic hydroxyl groups excluding tert-OH is 1. The number of hydrogen-bond donors (Lipinski definition) is 2. The van der Waals surface area contributed by atoms with E-state index in [2.05, 4.69) is 4.99 Å². The van der Waals surface area contributed by atoms with Crippen molar-refractivity contribution < 1.29 is 19.8 Å². The van der Waals surface area contributed by atoms with Crippen LogP contribution in [0.4, 0.5) is 5.69 Å². The number of aliphatic imine (C=N–C) groups is 1. The van der Waals surface area contributed by atoms with Gasteiger partial charge in [-0.25, -0.2) is 9.79 Å². The van der Waals surface area contributed by atoms with Gasteiger partial charge in [0.15, 0.2) is 0 Å². The third kappa shape index (κ3) is 5.37. The van der Waals surface area contributed by atoms with Gasteiger partial charge in [0.1, 0.15) is 0 Å². The lowest BCUT2D eigenvalue weighted by atomic mass is 10.0. The quantitative estimate of drug-likeness (QED) is 0.627. The highest BCUT2D eigenvalue weighted by Gasteiger charge is 2.30. The summed E-state index contributed by atoms with van der Waals surface area (Å²) in [6.45, 7) is 0. The number of benzene rings is 2. The number of carbonyl (C=O) groups is 2. The summed E-state index contributed by atoms with van der Waals surface area (Å²) >= 11 is 20.5. The molecule has 1 amide bonds. The molecule has 2 N–H and O–H groups in total. The van der Waals surface area contributed by atoms with Crippen molar-refractivity contribution in [2.45, 2.75) is 10.0 Å². The number of aliphatic hydroxyl groups is 1. The topological polar surface area (TPSA) is 90.2 Å². The van der Waals surface area contributed by atoms with Crippen LogP contribution in [0.15, 0.2) is 53.5 Å². The zero-order chi connectivity index (χ0) is 21.1. The zero-order valence-corrected chi connectivity index (χ0v) is 17.3. The molecular weight excluding hydrogens is 450 g/mol. The average Bonchev–Trinajstić information content (AvgIpc) is 2.73. The lowest BCUT2D eigenvalue weighted by Crippen LogP contribution is -2.34. The highest BCUT2D eigenvalue weighted by molar-refractivity contribution is 6.75. The number of nitrogens with zero attached hydrogens (tertiary/aromatic N) is 2. The molecule has 0 saturated heterocycles. The smallest absolute Gasteiger partial charge is 0.356 e. The van der Waals surface area contributed by atoms with E-state index in [9.17, 15) is 14.7 Å². The first kappa shape index (κ1) is 22.5. The van der Waals surface area contributed by atoms with Gasteiger partial charge in [-0.2, -0.15) is 0 Å². The van der Waals surface area contributed by atoms with Gasteiger partial charge in [0, 0.05) is 23.2 Å². The molecule has 1 heterocycles. The minimum Gasteiger partial charge on any atom is -0.478 e. The van der Waals surface area contributed by atoms with Gasteiger partial charge >= 0.3 is 5.97 Å². The minimum absolute atomic E-state index is 0.468. The van der Waals surface area contributed by atoms with Crippen LogP contribution in [0.5, 0.6) is 0 Å². The van der Waals surface area contributed by atoms with Crippen molar-refractivity contribution in [1.82, 2.24) is 0 Å². The van der Waals surface area contributed by atoms with Gasteiger partial charge in [0.05, 0.1) is 11.4 Å². The second-order valence-corrected chi connectivity index (χ2v) is 8.30. The van der Waals surface area contributed by atoms with E-state index in [0.717, 1.165) is 11.1 Å². The van der Waals surface area contributed by atoms with Crippen molar-refractivity contribution in [3.63, 3.8) is 0 Å². The van der Waals surface area contributed by atoms with Crippen molar-refractivity contribution in [3.05, 3.63) is 64.7 Å². The molecule has 28 heavy (non-hydrogen) atoms. The predicted octanol–water partition coefficient (Wildman–Crippen LogP) is 3.91. The normalized spacial score (nSPS) is 16.4. The maximum absolute atomic E-state index is 12.1. The first-order chi connectivity index (χ1) is 13.0. The molecular formula is C18H14Cl4N2O4. The second-order valence-electron chi connectivity index (χ2n) is 5.58. The van der Waals surface area contributed by atoms with E-state index < -0.39 is 21.9 Å². The van der Waals surface area contributed by atoms with E-state index in [-0.39, 0.29) is 0 Å². The number of rotatable bonds is 1. The summed E-state index contributed by atoms with van der Waals surface area (Å²) in [5, 5.41) is 18.4. The number of hydrogen-bond acceptors (Lipinski definition) is 4. The number of carbonyl (C=O) groups excluding carboxylic acids is 1. The molecule has 10 heteroatoms. The second kappa shape index (κ2) is 9.11. The number of anilines is 1. The number of likely N-dealkylation sites (N-methyl/N-ethyl adjacent to an activating group) is 1. The predicted molar refractivity (Wildman–Crippen MR) is 111 cm³/mol. The van der Waals surface area contributed by atoms with E-state index >= 15 is 0 Å². The van der Waals surface area contributed by atoms with Crippen LogP contribution in [0.1, 0.15) is 11.1 Å². The SMILES string of the molecule is CN1C(=O)C(O)N=C(c2ccccc2)c2cc(Cl)ccc21.O=C(O)C(Cl)(Cl)Cl. The molecule has 1 atom stereocenters. The van der Waals surface area contributed by atoms with Crippen LogP contribution in [0.25, 0.3) is 0 Å². The fourth-order valence-electron chi connectivity index (χ4n) is 2.36. The van der Waals surface area contributed by atoms with Crippen molar-refractivity contribution in [1.29, 1.82) is 0 Å². The van der Waals surface area contributed by atoms with Crippen molar-refractivity contribution in [2.75, 3.05) is 11.9 Å². The van der Waals surface area contributed by atoms with E-state index in [1.807, 2.05) is 30.3 Å². The number of carboxylic acid groups (broad SMARTS) is 1. The summed E-state index contributed by atoms with van der Waals surface area (Å²) in [4.78, 5) is 27.3. The number of amides is 1. The Morgan fingerprint density at radius 3 is 2.25 bits per heavy atom. The fraction of sp³-hybridized carbons (Fsp3) is 0.167. The van der Waals surface area contributed by atoms with Gasteiger partial charge in [-0.05, 0) is 18.2 Å². The van der Waals surface area contributed by atoms with E-state index in [0.29, 0.717) is 16.4 Å². The molecule has 6 nitrogen and oxygen atoms in total. The molecule has 3 rings (SSSR count). The van der Waals surface area contributed by atoms with Gasteiger partial charge in [-0.1, -0.05) is 76.7 Å². The van der Waals surface area contributed by atoms with E-state index in [1.54, 1.807) is 25.2 Å². The highest BCUT2D eigenvalue weighted by atomic mass is 35.6. The number of fused-ring (bicyclic) bond motifs is 1. The monoisotopic (exact) mass is 462 g/mol. The molecule has 1 unspecified atom stereocenters. The molecule has 0 aliphatic carbocycles. The molecule has 0 spiro atoms. The Bertz CT molecular complexity index is 914. The maximum Gasteiger partial charge on any atom is 0.356 e. The Morgan fingerprint density at radius 2 is 1.71 bits per heavy atom. The van der Waals surface area contributed by atoms with Crippen LogP contribution >= 0.6 is 46.4 Å². The Balaban J connectivity index is 0.000000345. The molecule has 1 aliphatic heterocycles. The third-order valence-electron chi connectivity index (χ3n) is 3.67. The lowest BCUT2D eigenvalue weighted by Gasteiger charge is -2.18. The van der Waals surface area contributed by atoms with Crippen LogP contribution in [-0.2, 0) is 9.59 Å². The molecule has 0 saturated carbocycles. The van der Waals surface area contributed by atoms with Gasteiger partial charge in [-0.15, -0.1) is 0 Å². The fourth-order valence-corrected chi connectivity index (χ4v) is 2.53. The molecule has 0 radical (unpaired) electrons.